The number of nitrogens with zero attached hydrogens (tertiary/aromatic N) is 2. The van der Waals surface area contributed by atoms with Crippen LogP contribution in [0.15, 0.2) is 24.3 Å². The van der Waals surface area contributed by atoms with Crippen LogP contribution in [-0.4, -0.2) is 24.0 Å². The Bertz CT molecular complexity index is 415. The molecule has 0 saturated carbocycles. The normalized spacial score (nSPS) is 20.1. The van der Waals surface area contributed by atoms with Crippen LogP contribution in [0.3, 0.4) is 0 Å². The van der Waals surface area contributed by atoms with Crippen LogP contribution in [0.25, 0.3) is 0 Å². The van der Waals surface area contributed by atoms with Gasteiger partial charge < -0.3 is 0 Å². The topological polar surface area (TPSA) is 27.0 Å². The average molecular weight is 263 g/mol. The third kappa shape index (κ3) is 3.04. The first kappa shape index (κ1) is 13.4. The summed E-state index contributed by atoms with van der Waals surface area (Å²) in [6.45, 7) is 4.23. The smallest absolute Gasteiger partial charge is 0.104 e. The number of rotatable bonds is 3. The molecule has 1 aliphatic rings. The van der Waals surface area contributed by atoms with Gasteiger partial charge in [-0.15, -0.1) is 0 Å². The van der Waals surface area contributed by atoms with Crippen molar-refractivity contribution in [1.82, 2.24) is 4.90 Å². The Morgan fingerprint density at radius 3 is 2.33 bits per heavy atom. The van der Waals surface area contributed by atoms with E-state index in [0.717, 1.165) is 18.1 Å². The van der Waals surface area contributed by atoms with Crippen LogP contribution in [0, 0.1) is 11.3 Å². The lowest BCUT2D eigenvalue weighted by Crippen LogP contribution is -2.41. The summed E-state index contributed by atoms with van der Waals surface area (Å²) in [7, 11) is 0. The number of nitriles is 1. The van der Waals surface area contributed by atoms with Crippen LogP contribution in [-0.2, 0) is 0 Å². The molecule has 18 heavy (non-hydrogen) atoms. The molecule has 2 nitrogen and oxygen atoms in total. The van der Waals surface area contributed by atoms with Gasteiger partial charge in [-0.3, -0.25) is 4.90 Å². The number of piperidine rings is 1. The summed E-state index contributed by atoms with van der Waals surface area (Å²) < 4.78 is 0. The van der Waals surface area contributed by atoms with Gasteiger partial charge in [-0.2, -0.15) is 5.26 Å². The molecule has 1 aromatic carbocycles. The van der Waals surface area contributed by atoms with E-state index in [2.05, 4.69) is 17.9 Å². The van der Waals surface area contributed by atoms with Crippen molar-refractivity contribution in [3.05, 3.63) is 34.9 Å². The minimum atomic E-state index is -0.0218. The molecule has 0 aromatic heterocycles. The van der Waals surface area contributed by atoms with Crippen molar-refractivity contribution in [2.24, 2.45) is 0 Å². The third-order valence-corrected chi connectivity index (χ3v) is 4.04. The van der Waals surface area contributed by atoms with Gasteiger partial charge in [-0.25, -0.2) is 0 Å². The average Bonchev–Trinajstić information content (AvgIpc) is 2.41. The van der Waals surface area contributed by atoms with E-state index in [0.29, 0.717) is 0 Å². The molecular formula is C15H19ClN2. The highest BCUT2D eigenvalue weighted by Crippen LogP contribution is 2.26. The summed E-state index contributed by atoms with van der Waals surface area (Å²) in [4.78, 5) is 2.32. The molecule has 1 heterocycles. The third-order valence-electron chi connectivity index (χ3n) is 3.79. The Morgan fingerprint density at radius 2 is 1.78 bits per heavy atom. The van der Waals surface area contributed by atoms with Gasteiger partial charge in [-0.1, -0.05) is 37.1 Å². The number of likely N-dealkylation sites (tertiary alicyclic amines) is 1. The van der Waals surface area contributed by atoms with Crippen LogP contribution in [0.5, 0.6) is 0 Å². The first-order chi connectivity index (χ1) is 8.72. The zero-order chi connectivity index (χ0) is 13.0. The molecule has 3 heteroatoms. The maximum Gasteiger partial charge on any atom is 0.104 e. The predicted octanol–water partition coefficient (Wildman–Crippen LogP) is 3.82. The van der Waals surface area contributed by atoms with Crippen molar-refractivity contribution >= 4 is 11.6 Å². The first-order valence-corrected chi connectivity index (χ1v) is 6.99. The molecule has 1 aromatic rings. The van der Waals surface area contributed by atoms with Gasteiger partial charge in [-0.05, 0) is 43.6 Å². The molecule has 0 N–H and O–H groups in total. The molecule has 1 saturated heterocycles. The molecule has 2 atom stereocenters. The highest BCUT2D eigenvalue weighted by Gasteiger charge is 2.26. The lowest BCUT2D eigenvalue weighted by molar-refractivity contribution is 0.179. The van der Waals surface area contributed by atoms with Crippen LogP contribution in [0.2, 0.25) is 5.02 Å². The molecule has 1 aliphatic heterocycles. The Labute approximate surface area is 114 Å². The van der Waals surface area contributed by atoms with Gasteiger partial charge in [0.25, 0.3) is 0 Å². The summed E-state index contributed by atoms with van der Waals surface area (Å²) in [5.41, 5.74) is 1.19. The van der Waals surface area contributed by atoms with Crippen molar-refractivity contribution in [3.63, 3.8) is 0 Å². The predicted molar refractivity (Wildman–Crippen MR) is 74.7 cm³/mol. The maximum atomic E-state index is 9.45. The fraction of sp³-hybridized carbons (Fsp3) is 0.533. The molecule has 0 amide bonds. The summed E-state index contributed by atoms with van der Waals surface area (Å²) in [6.07, 6.45) is 3.72. The highest BCUT2D eigenvalue weighted by atomic mass is 35.5. The van der Waals surface area contributed by atoms with Crippen molar-refractivity contribution in [3.8, 4) is 6.07 Å². The zero-order valence-electron chi connectivity index (χ0n) is 10.8. The van der Waals surface area contributed by atoms with E-state index < -0.39 is 0 Å². The SMILES string of the molecule is CC(c1ccc(Cl)cc1)C(C#N)N1CCCCC1. The van der Waals surface area contributed by atoms with Gasteiger partial charge in [0.1, 0.15) is 6.04 Å². The second-order valence-electron chi connectivity index (χ2n) is 5.01. The fourth-order valence-corrected chi connectivity index (χ4v) is 2.78. The fourth-order valence-electron chi connectivity index (χ4n) is 2.65. The first-order valence-electron chi connectivity index (χ1n) is 6.61. The lowest BCUT2D eigenvalue weighted by atomic mass is 9.92. The molecular weight excluding hydrogens is 244 g/mol. The Kier molecular flexibility index (Phi) is 4.63. The van der Waals surface area contributed by atoms with E-state index in [9.17, 15) is 5.26 Å². The molecule has 0 aliphatic carbocycles. The molecule has 0 radical (unpaired) electrons. The van der Waals surface area contributed by atoms with Crippen LogP contribution in [0.4, 0.5) is 0 Å². The van der Waals surface area contributed by atoms with Gasteiger partial charge >= 0.3 is 0 Å². The van der Waals surface area contributed by atoms with Gasteiger partial charge in [0.05, 0.1) is 6.07 Å². The van der Waals surface area contributed by atoms with Gasteiger partial charge in [0.15, 0.2) is 0 Å². The lowest BCUT2D eigenvalue weighted by Gasteiger charge is -2.34. The summed E-state index contributed by atoms with van der Waals surface area (Å²) in [6, 6.07) is 10.3. The van der Waals surface area contributed by atoms with Crippen molar-refractivity contribution in [1.29, 1.82) is 5.26 Å². The zero-order valence-corrected chi connectivity index (χ0v) is 11.5. The monoisotopic (exact) mass is 262 g/mol. The second kappa shape index (κ2) is 6.22. The highest BCUT2D eigenvalue weighted by molar-refractivity contribution is 6.30. The quantitative estimate of drug-likeness (QED) is 0.828. The van der Waals surface area contributed by atoms with Crippen molar-refractivity contribution in [2.75, 3.05) is 13.1 Å². The number of hydrogen-bond acceptors (Lipinski definition) is 2. The van der Waals surface area contributed by atoms with E-state index in [4.69, 9.17) is 11.6 Å². The minimum absolute atomic E-state index is 0.0218. The molecule has 2 rings (SSSR count). The second-order valence-corrected chi connectivity index (χ2v) is 5.45. The number of halogens is 1. The standard InChI is InChI=1S/C15H19ClN2/c1-12(13-5-7-14(16)8-6-13)15(11-17)18-9-3-2-4-10-18/h5-8,12,15H,2-4,9-10H2,1H3. The van der Waals surface area contributed by atoms with E-state index in [1.165, 1.54) is 24.8 Å². The van der Waals surface area contributed by atoms with Gasteiger partial charge in [0, 0.05) is 10.9 Å². The molecule has 0 bridgehead atoms. The van der Waals surface area contributed by atoms with Crippen molar-refractivity contribution < 1.29 is 0 Å². The molecule has 1 fully saturated rings. The largest absolute Gasteiger partial charge is 0.288 e. The maximum absolute atomic E-state index is 9.45. The minimum Gasteiger partial charge on any atom is -0.288 e. The van der Waals surface area contributed by atoms with Crippen molar-refractivity contribution in [2.45, 2.75) is 38.1 Å². The van der Waals surface area contributed by atoms with E-state index >= 15 is 0 Å². The summed E-state index contributed by atoms with van der Waals surface area (Å²) >= 11 is 5.90. The Morgan fingerprint density at radius 1 is 1.17 bits per heavy atom. The Balaban J connectivity index is 2.11. The van der Waals surface area contributed by atoms with E-state index in [-0.39, 0.29) is 12.0 Å². The number of hydrogen-bond donors (Lipinski definition) is 0. The van der Waals surface area contributed by atoms with Crippen LogP contribution >= 0.6 is 11.6 Å². The van der Waals surface area contributed by atoms with E-state index in [1.54, 1.807) is 0 Å². The molecule has 2 unspecified atom stereocenters. The van der Waals surface area contributed by atoms with Crippen LogP contribution < -0.4 is 0 Å². The number of benzene rings is 1. The summed E-state index contributed by atoms with van der Waals surface area (Å²) in [5.74, 6) is 0.227. The van der Waals surface area contributed by atoms with Gasteiger partial charge in [0.2, 0.25) is 0 Å². The molecule has 96 valence electrons. The van der Waals surface area contributed by atoms with E-state index in [1.807, 2.05) is 24.3 Å². The summed E-state index contributed by atoms with van der Waals surface area (Å²) in [5, 5.41) is 10.2. The molecule has 0 spiro atoms. The van der Waals surface area contributed by atoms with Crippen LogP contribution in [0.1, 0.15) is 37.7 Å². The Hall–Kier alpha value is -1.04.